The van der Waals surface area contributed by atoms with Gasteiger partial charge in [-0.1, -0.05) is 12.2 Å². The van der Waals surface area contributed by atoms with Crippen LogP contribution in [0.25, 0.3) is 0 Å². The monoisotopic (exact) mass is 270 g/mol. The van der Waals surface area contributed by atoms with Gasteiger partial charge in [-0.05, 0) is 18.2 Å². The Hall–Kier alpha value is -0.800. The van der Waals surface area contributed by atoms with E-state index in [1.165, 1.54) is 4.90 Å². The number of alkyl halides is 1. The predicted octanol–water partition coefficient (Wildman–Crippen LogP) is 3.74. The van der Waals surface area contributed by atoms with Crippen LogP contribution in [0.3, 0.4) is 0 Å². The molecule has 0 atom stereocenters. The molecule has 92 valence electrons. The zero-order chi connectivity index (χ0) is 11.9. The lowest BCUT2D eigenvalue weighted by Gasteiger charge is -2.08. The number of benzene rings is 1. The van der Waals surface area contributed by atoms with E-state index in [0.29, 0.717) is 5.88 Å². The number of halogens is 1. The summed E-state index contributed by atoms with van der Waals surface area (Å²) < 4.78 is 11.2. The first-order valence-electron chi connectivity index (χ1n) is 5.63. The molecule has 0 saturated carbocycles. The maximum atomic E-state index is 5.64. The molecule has 0 amide bonds. The Kier molecular flexibility index (Phi) is 5.08. The molecule has 17 heavy (non-hydrogen) atoms. The summed E-state index contributed by atoms with van der Waals surface area (Å²) in [6.45, 7) is 1.46. The molecule has 0 radical (unpaired) electrons. The van der Waals surface area contributed by atoms with Crippen LogP contribution in [-0.2, 0) is 0 Å². The van der Waals surface area contributed by atoms with Gasteiger partial charge in [-0.25, -0.2) is 0 Å². The third-order valence-electron chi connectivity index (χ3n) is 2.32. The van der Waals surface area contributed by atoms with Crippen LogP contribution in [0.2, 0.25) is 0 Å². The van der Waals surface area contributed by atoms with Crippen LogP contribution in [0.5, 0.6) is 11.5 Å². The second kappa shape index (κ2) is 6.82. The smallest absolute Gasteiger partial charge is 0.162 e. The first-order valence-corrected chi connectivity index (χ1v) is 7.15. The molecule has 0 bridgehead atoms. The Labute approximate surface area is 111 Å². The van der Waals surface area contributed by atoms with Crippen LogP contribution in [0, 0.1) is 0 Å². The van der Waals surface area contributed by atoms with Crippen LogP contribution in [0.4, 0.5) is 0 Å². The van der Waals surface area contributed by atoms with Gasteiger partial charge in [0.25, 0.3) is 0 Å². The molecule has 0 aromatic heterocycles. The van der Waals surface area contributed by atoms with Crippen LogP contribution < -0.4 is 9.47 Å². The molecule has 1 aromatic carbocycles. The molecule has 0 saturated heterocycles. The summed E-state index contributed by atoms with van der Waals surface area (Å²) in [5.74, 6) is 3.20. The topological polar surface area (TPSA) is 18.5 Å². The molecule has 1 aromatic rings. The number of thioether (sulfide) groups is 1. The van der Waals surface area contributed by atoms with Crippen molar-refractivity contribution in [2.45, 2.75) is 11.3 Å². The van der Waals surface area contributed by atoms with E-state index in [-0.39, 0.29) is 0 Å². The largest absolute Gasteiger partial charge is 0.490 e. The van der Waals surface area contributed by atoms with Crippen molar-refractivity contribution in [3.63, 3.8) is 0 Å². The van der Waals surface area contributed by atoms with Gasteiger partial charge in [0.1, 0.15) is 0 Å². The van der Waals surface area contributed by atoms with Crippen molar-refractivity contribution >= 4 is 23.4 Å². The van der Waals surface area contributed by atoms with Gasteiger partial charge in [-0.3, -0.25) is 0 Å². The van der Waals surface area contributed by atoms with E-state index in [4.69, 9.17) is 21.1 Å². The van der Waals surface area contributed by atoms with E-state index in [1.807, 2.05) is 18.2 Å². The Bertz CT molecular complexity index is 393. The minimum absolute atomic E-state index is 0.571. The first-order chi connectivity index (χ1) is 8.40. The van der Waals surface area contributed by atoms with Gasteiger partial charge in [-0.2, -0.15) is 0 Å². The fourth-order valence-electron chi connectivity index (χ4n) is 1.51. The lowest BCUT2D eigenvalue weighted by molar-refractivity contribution is 0.297. The van der Waals surface area contributed by atoms with Crippen LogP contribution in [0.15, 0.2) is 35.2 Å². The predicted molar refractivity (Wildman–Crippen MR) is 72.6 cm³/mol. The van der Waals surface area contributed by atoms with Crippen LogP contribution in [0.1, 0.15) is 6.42 Å². The Morgan fingerprint density at radius 2 is 2.00 bits per heavy atom. The van der Waals surface area contributed by atoms with Gasteiger partial charge in [0.15, 0.2) is 11.5 Å². The van der Waals surface area contributed by atoms with Gasteiger partial charge in [-0.15, -0.1) is 23.4 Å². The second-order valence-electron chi connectivity index (χ2n) is 3.60. The molecular weight excluding hydrogens is 256 g/mol. The molecule has 0 spiro atoms. The lowest BCUT2D eigenvalue weighted by atomic mass is 10.3. The minimum atomic E-state index is 0.571. The summed E-state index contributed by atoms with van der Waals surface area (Å²) in [4.78, 5) is 1.19. The van der Waals surface area contributed by atoms with E-state index < -0.39 is 0 Å². The van der Waals surface area contributed by atoms with Gasteiger partial charge >= 0.3 is 0 Å². The first kappa shape index (κ1) is 12.7. The minimum Gasteiger partial charge on any atom is -0.490 e. The van der Waals surface area contributed by atoms with E-state index in [1.54, 1.807) is 11.8 Å². The highest BCUT2D eigenvalue weighted by atomic mass is 35.5. The average molecular weight is 271 g/mol. The third-order valence-corrected chi connectivity index (χ3v) is 3.45. The molecule has 1 aliphatic rings. The SMILES string of the molecule is ClC/C=C/CSc1ccc2c(c1)OCCCO2. The Balaban J connectivity index is 1.99. The van der Waals surface area contributed by atoms with E-state index >= 15 is 0 Å². The van der Waals surface area contributed by atoms with Crippen molar-refractivity contribution < 1.29 is 9.47 Å². The molecule has 0 unspecified atom stereocenters. The molecule has 1 heterocycles. The zero-order valence-corrected chi connectivity index (χ0v) is 11.1. The zero-order valence-electron chi connectivity index (χ0n) is 9.52. The van der Waals surface area contributed by atoms with Crippen molar-refractivity contribution in [2.24, 2.45) is 0 Å². The van der Waals surface area contributed by atoms with Crippen molar-refractivity contribution in [1.82, 2.24) is 0 Å². The van der Waals surface area contributed by atoms with E-state index in [0.717, 1.165) is 36.9 Å². The van der Waals surface area contributed by atoms with Crippen molar-refractivity contribution in [3.05, 3.63) is 30.4 Å². The summed E-state index contributed by atoms with van der Waals surface area (Å²) in [5.41, 5.74) is 0. The fraction of sp³-hybridized carbons (Fsp3) is 0.385. The highest BCUT2D eigenvalue weighted by Crippen LogP contribution is 2.33. The van der Waals surface area contributed by atoms with Crippen molar-refractivity contribution in [1.29, 1.82) is 0 Å². The molecule has 0 fully saturated rings. The van der Waals surface area contributed by atoms with Crippen molar-refractivity contribution in [2.75, 3.05) is 24.8 Å². The lowest BCUT2D eigenvalue weighted by Crippen LogP contribution is -1.97. The molecule has 4 heteroatoms. The standard InChI is InChI=1S/C13H15ClO2S/c14-6-1-2-9-17-11-4-5-12-13(10-11)16-8-3-7-15-12/h1-2,4-5,10H,3,6-9H2/b2-1+. The normalized spacial score (nSPS) is 14.9. The molecule has 2 nitrogen and oxygen atoms in total. The second-order valence-corrected chi connectivity index (χ2v) is 5.00. The van der Waals surface area contributed by atoms with Gasteiger partial charge < -0.3 is 9.47 Å². The highest BCUT2D eigenvalue weighted by Gasteiger charge is 2.10. The number of fused-ring (bicyclic) bond motifs is 1. The molecule has 1 aliphatic heterocycles. The third kappa shape index (κ3) is 3.86. The van der Waals surface area contributed by atoms with E-state index in [9.17, 15) is 0 Å². The molecule has 0 N–H and O–H groups in total. The Morgan fingerprint density at radius 1 is 1.18 bits per heavy atom. The quantitative estimate of drug-likeness (QED) is 0.472. The molecule has 2 rings (SSSR count). The molecule has 0 aliphatic carbocycles. The van der Waals surface area contributed by atoms with Gasteiger partial charge in [0.05, 0.1) is 13.2 Å². The number of hydrogen-bond donors (Lipinski definition) is 0. The van der Waals surface area contributed by atoms with Crippen LogP contribution in [-0.4, -0.2) is 24.8 Å². The number of rotatable bonds is 4. The summed E-state index contributed by atoms with van der Waals surface area (Å²) >= 11 is 7.32. The maximum Gasteiger partial charge on any atom is 0.162 e. The van der Waals surface area contributed by atoms with Crippen molar-refractivity contribution in [3.8, 4) is 11.5 Å². The highest BCUT2D eigenvalue weighted by molar-refractivity contribution is 7.99. The average Bonchev–Trinajstić information content (AvgIpc) is 2.59. The van der Waals surface area contributed by atoms with Crippen LogP contribution >= 0.6 is 23.4 Å². The summed E-state index contributed by atoms with van der Waals surface area (Å²) in [6, 6.07) is 6.08. The maximum absolute atomic E-state index is 5.64. The summed E-state index contributed by atoms with van der Waals surface area (Å²) in [6.07, 6.45) is 4.97. The number of hydrogen-bond acceptors (Lipinski definition) is 3. The number of allylic oxidation sites excluding steroid dienone is 1. The molecular formula is C13H15ClO2S. The van der Waals surface area contributed by atoms with Gasteiger partial charge in [0.2, 0.25) is 0 Å². The summed E-state index contributed by atoms with van der Waals surface area (Å²) in [7, 11) is 0. The fourth-order valence-corrected chi connectivity index (χ4v) is 2.41. The number of ether oxygens (including phenoxy) is 2. The Morgan fingerprint density at radius 3 is 2.82 bits per heavy atom. The van der Waals surface area contributed by atoms with Gasteiger partial charge in [0, 0.05) is 22.9 Å². The van der Waals surface area contributed by atoms with E-state index in [2.05, 4.69) is 12.1 Å². The summed E-state index contributed by atoms with van der Waals surface area (Å²) in [5, 5.41) is 0.